The molecule has 5 nitrogen and oxygen atoms in total. The number of anilines is 1. The lowest BCUT2D eigenvalue weighted by atomic mass is 10.1. The molecule has 0 spiro atoms. The van der Waals surface area contributed by atoms with E-state index < -0.39 is 0 Å². The summed E-state index contributed by atoms with van der Waals surface area (Å²) in [6.07, 6.45) is 0. The van der Waals surface area contributed by atoms with E-state index in [1.807, 2.05) is 65.1 Å². The van der Waals surface area contributed by atoms with Crippen LogP contribution in [0.3, 0.4) is 0 Å². The molecule has 2 amide bonds. The summed E-state index contributed by atoms with van der Waals surface area (Å²) in [4.78, 5) is 25.7. The lowest BCUT2D eigenvalue weighted by molar-refractivity contribution is -0.885. The fourth-order valence-electron chi connectivity index (χ4n) is 3.13. The van der Waals surface area contributed by atoms with Crippen molar-refractivity contribution in [3.8, 4) is 0 Å². The molecule has 0 saturated carbocycles. The van der Waals surface area contributed by atoms with Gasteiger partial charge in [0.05, 0.1) is 7.05 Å². The van der Waals surface area contributed by atoms with Crippen molar-refractivity contribution in [2.75, 3.05) is 18.9 Å². The Morgan fingerprint density at radius 2 is 1.63 bits per heavy atom. The highest BCUT2D eigenvalue weighted by Crippen LogP contribution is 2.21. The van der Waals surface area contributed by atoms with Crippen LogP contribution in [0.15, 0.2) is 42.5 Å². The van der Waals surface area contributed by atoms with Crippen molar-refractivity contribution in [2.45, 2.75) is 40.3 Å². The first-order valence-electron chi connectivity index (χ1n) is 9.29. The van der Waals surface area contributed by atoms with Crippen LogP contribution in [-0.2, 0) is 16.1 Å². The molecule has 0 aliphatic carbocycles. The number of hydrogen-bond acceptors (Lipinski definition) is 2. The van der Waals surface area contributed by atoms with Gasteiger partial charge in [-0.3, -0.25) is 9.59 Å². The normalized spacial score (nSPS) is 12.9. The molecule has 0 radical (unpaired) electrons. The average Bonchev–Trinajstić information content (AvgIpc) is 2.62. The Morgan fingerprint density at radius 3 is 2.22 bits per heavy atom. The van der Waals surface area contributed by atoms with Gasteiger partial charge in [0.2, 0.25) is 0 Å². The molecule has 0 heterocycles. The van der Waals surface area contributed by atoms with E-state index in [1.54, 1.807) is 0 Å². The Bertz CT molecular complexity index is 779. The zero-order valence-electron chi connectivity index (χ0n) is 16.8. The summed E-state index contributed by atoms with van der Waals surface area (Å²) in [6.45, 7) is 8.58. The zero-order chi connectivity index (χ0) is 20.0. The van der Waals surface area contributed by atoms with Crippen LogP contribution < -0.4 is 15.5 Å². The lowest BCUT2D eigenvalue weighted by Crippen LogP contribution is -3.15. The first kappa shape index (κ1) is 20.6. The Hall–Kier alpha value is -2.66. The summed E-state index contributed by atoms with van der Waals surface area (Å²) in [5, 5.41) is 5.93. The Kier molecular flexibility index (Phi) is 7.13. The van der Waals surface area contributed by atoms with Gasteiger partial charge in [0.15, 0.2) is 12.6 Å². The zero-order valence-corrected chi connectivity index (χ0v) is 16.8. The molecule has 2 aromatic rings. The van der Waals surface area contributed by atoms with Crippen molar-refractivity contribution in [1.29, 1.82) is 0 Å². The smallest absolute Gasteiger partial charge is 0.279 e. The summed E-state index contributed by atoms with van der Waals surface area (Å²) in [5.41, 5.74) is 5.19. The molecule has 144 valence electrons. The monoisotopic (exact) mass is 368 g/mol. The number of carbonyl (C=O) groups is 2. The van der Waals surface area contributed by atoms with E-state index in [2.05, 4.69) is 22.8 Å². The number of carbonyl (C=O) groups excluding carboxylic acids is 2. The SMILES string of the molecule is Cc1cc(C)c(NC(=O)C[NH+](C)[C@H](C)C(=O)NCc2ccccc2)c(C)c1. The number of nitrogens with one attached hydrogen (secondary N) is 3. The Morgan fingerprint density at radius 1 is 1.04 bits per heavy atom. The van der Waals surface area contributed by atoms with Crippen molar-refractivity contribution >= 4 is 17.5 Å². The van der Waals surface area contributed by atoms with Crippen molar-refractivity contribution in [3.05, 3.63) is 64.7 Å². The van der Waals surface area contributed by atoms with Gasteiger partial charge in [-0.05, 0) is 44.4 Å². The quantitative estimate of drug-likeness (QED) is 0.697. The van der Waals surface area contributed by atoms with Gasteiger partial charge in [0.1, 0.15) is 0 Å². The van der Waals surface area contributed by atoms with E-state index in [0.29, 0.717) is 6.54 Å². The highest BCUT2D eigenvalue weighted by atomic mass is 16.2. The number of aryl methyl sites for hydroxylation is 3. The number of benzene rings is 2. The van der Waals surface area contributed by atoms with Gasteiger partial charge in [-0.25, -0.2) is 0 Å². The van der Waals surface area contributed by atoms with E-state index in [4.69, 9.17) is 0 Å². The minimum absolute atomic E-state index is 0.0631. The molecule has 1 unspecified atom stereocenters. The molecular formula is C22H30N3O2+. The Balaban J connectivity index is 1.88. The minimum Gasteiger partial charge on any atom is -0.347 e. The first-order valence-corrected chi connectivity index (χ1v) is 9.29. The molecule has 2 aromatic carbocycles. The van der Waals surface area contributed by atoms with Gasteiger partial charge in [-0.1, -0.05) is 48.0 Å². The molecule has 27 heavy (non-hydrogen) atoms. The van der Waals surface area contributed by atoms with E-state index >= 15 is 0 Å². The van der Waals surface area contributed by atoms with E-state index in [9.17, 15) is 9.59 Å². The molecule has 2 rings (SSSR count). The van der Waals surface area contributed by atoms with Crippen LogP contribution in [0.25, 0.3) is 0 Å². The number of quaternary nitrogens is 1. The molecule has 2 atom stereocenters. The molecule has 0 fully saturated rings. The number of likely N-dealkylation sites (N-methyl/N-ethyl adjacent to an activating group) is 1. The van der Waals surface area contributed by atoms with Crippen molar-refractivity contribution < 1.29 is 14.5 Å². The number of amides is 2. The van der Waals surface area contributed by atoms with Crippen LogP contribution in [-0.4, -0.2) is 31.4 Å². The third-order valence-corrected chi connectivity index (χ3v) is 4.82. The largest absolute Gasteiger partial charge is 0.347 e. The van der Waals surface area contributed by atoms with Crippen LogP contribution in [0.5, 0.6) is 0 Å². The number of rotatable bonds is 7. The van der Waals surface area contributed by atoms with Gasteiger partial charge < -0.3 is 15.5 Å². The maximum atomic E-state index is 12.5. The molecule has 0 bridgehead atoms. The second kappa shape index (κ2) is 9.33. The summed E-state index contributed by atoms with van der Waals surface area (Å²) in [7, 11) is 1.86. The van der Waals surface area contributed by atoms with Crippen molar-refractivity contribution in [2.24, 2.45) is 0 Å². The minimum atomic E-state index is -0.320. The maximum absolute atomic E-state index is 12.5. The van der Waals surface area contributed by atoms with Crippen LogP contribution in [0.4, 0.5) is 5.69 Å². The molecule has 0 aliphatic heterocycles. The second-order valence-electron chi connectivity index (χ2n) is 7.27. The molecule has 0 aliphatic rings. The van der Waals surface area contributed by atoms with Crippen molar-refractivity contribution in [3.63, 3.8) is 0 Å². The van der Waals surface area contributed by atoms with E-state index in [0.717, 1.165) is 27.3 Å². The molecular weight excluding hydrogens is 338 g/mol. The molecule has 3 N–H and O–H groups in total. The average molecular weight is 369 g/mol. The highest BCUT2D eigenvalue weighted by molar-refractivity contribution is 5.93. The highest BCUT2D eigenvalue weighted by Gasteiger charge is 2.24. The third-order valence-electron chi connectivity index (χ3n) is 4.82. The summed E-state index contributed by atoms with van der Waals surface area (Å²) in [6, 6.07) is 13.6. The third kappa shape index (κ3) is 5.93. The van der Waals surface area contributed by atoms with Gasteiger partial charge >= 0.3 is 0 Å². The summed E-state index contributed by atoms with van der Waals surface area (Å²) in [5.74, 6) is -0.155. The fourth-order valence-corrected chi connectivity index (χ4v) is 3.13. The van der Waals surface area contributed by atoms with Crippen LogP contribution in [0, 0.1) is 20.8 Å². The van der Waals surface area contributed by atoms with Crippen LogP contribution in [0.2, 0.25) is 0 Å². The predicted octanol–water partition coefficient (Wildman–Crippen LogP) is 1.77. The molecule has 0 saturated heterocycles. The lowest BCUT2D eigenvalue weighted by Gasteiger charge is -2.21. The standard InChI is InChI=1S/C22H29N3O2/c1-15-11-16(2)21(17(3)12-15)24-20(26)14-25(5)18(4)22(27)23-13-19-9-7-6-8-10-19/h6-12,18H,13-14H2,1-5H3,(H,23,27)(H,24,26)/p+1/t18-/m1/s1. The molecule has 5 heteroatoms. The second-order valence-corrected chi connectivity index (χ2v) is 7.27. The van der Waals surface area contributed by atoms with Gasteiger partial charge in [0, 0.05) is 12.2 Å². The first-order chi connectivity index (χ1) is 12.8. The molecule has 0 aromatic heterocycles. The van der Waals surface area contributed by atoms with E-state index in [-0.39, 0.29) is 24.4 Å². The van der Waals surface area contributed by atoms with Crippen molar-refractivity contribution in [1.82, 2.24) is 5.32 Å². The fraction of sp³-hybridized carbons (Fsp3) is 0.364. The van der Waals surface area contributed by atoms with E-state index in [1.165, 1.54) is 5.56 Å². The van der Waals surface area contributed by atoms with Gasteiger partial charge in [-0.15, -0.1) is 0 Å². The van der Waals surface area contributed by atoms with Gasteiger partial charge in [0.25, 0.3) is 11.8 Å². The van der Waals surface area contributed by atoms with Crippen LogP contribution >= 0.6 is 0 Å². The van der Waals surface area contributed by atoms with Gasteiger partial charge in [-0.2, -0.15) is 0 Å². The predicted molar refractivity (Wildman–Crippen MR) is 109 cm³/mol. The summed E-state index contributed by atoms with van der Waals surface area (Å²) >= 11 is 0. The summed E-state index contributed by atoms with van der Waals surface area (Å²) < 4.78 is 0. The van der Waals surface area contributed by atoms with Crippen LogP contribution in [0.1, 0.15) is 29.2 Å². The maximum Gasteiger partial charge on any atom is 0.279 e. The topological polar surface area (TPSA) is 62.6 Å². The number of hydrogen-bond donors (Lipinski definition) is 3. The Labute approximate surface area is 161 Å².